The zero-order chi connectivity index (χ0) is 27.3. The summed E-state index contributed by atoms with van der Waals surface area (Å²) < 4.78 is 35.4. The molecule has 0 saturated carbocycles. The number of nitrogen functional groups attached to an aromatic ring is 1. The molecule has 2 heterocycles. The highest BCUT2D eigenvalue weighted by atomic mass is 32.2. The largest absolute Gasteiger partial charge is 0.399 e. The minimum absolute atomic E-state index is 0.235. The quantitative estimate of drug-likeness (QED) is 0.245. The molecule has 2 aromatic heterocycles. The van der Waals surface area contributed by atoms with Gasteiger partial charge in [-0.1, -0.05) is 38.1 Å². The Balaban J connectivity index is 1.64. The minimum Gasteiger partial charge on any atom is -0.399 e. The predicted molar refractivity (Wildman–Crippen MR) is 151 cm³/mol. The van der Waals surface area contributed by atoms with Gasteiger partial charge < -0.3 is 15.5 Å². The number of nitrogens with zero attached hydrogens (tertiary/aromatic N) is 3. The standard InChI is InChI=1S/C29H37N5O3S/c1-5-37-19-25(16-20(2)3)34(18-23-6-10-24(30)11-7-23)38(35,36)26-12-8-22(9-13-26)17-28-29-27(14-15-31-28)32-21(4)33-29/h6-15,20,25H,5,16-19,30H2,1-4H3,(H,32,33)/t25-/m0/s1. The molecule has 0 bridgehead atoms. The van der Waals surface area contributed by atoms with Crippen molar-refractivity contribution in [3.8, 4) is 0 Å². The van der Waals surface area contributed by atoms with E-state index in [0.29, 0.717) is 37.7 Å². The molecule has 202 valence electrons. The Morgan fingerprint density at radius 1 is 1.03 bits per heavy atom. The third-order valence-electron chi connectivity index (χ3n) is 6.48. The molecular weight excluding hydrogens is 498 g/mol. The van der Waals surface area contributed by atoms with Gasteiger partial charge in [-0.3, -0.25) is 4.98 Å². The van der Waals surface area contributed by atoms with Crippen LogP contribution >= 0.6 is 0 Å². The van der Waals surface area contributed by atoms with Crippen LogP contribution in [0.3, 0.4) is 0 Å². The number of hydrogen-bond donors (Lipinski definition) is 2. The first-order chi connectivity index (χ1) is 18.2. The van der Waals surface area contributed by atoms with Gasteiger partial charge >= 0.3 is 0 Å². The summed E-state index contributed by atoms with van der Waals surface area (Å²) in [4.78, 5) is 12.6. The summed E-state index contributed by atoms with van der Waals surface area (Å²) in [5, 5.41) is 0. The summed E-state index contributed by atoms with van der Waals surface area (Å²) in [6.45, 7) is 9.12. The van der Waals surface area contributed by atoms with Crippen LogP contribution in [0.2, 0.25) is 0 Å². The van der Waals surface area contributed by atoms with E-state index in [1.54, 1.807) is 34.8 Å². The van der Waals surface area contributed by atoms with Crippen molar-refractivity contribution in [2.75, 3.05) is 18.9 Å². The number of H-pyrrole nitrogens is 1. The molecule has 0 spiro atoms. The van der Waals surface area contributed by atoms with Crippen molar-refractivity contribution in [2.45, 2.75) is 58.0 Å². The van der Waals surface area contributed by atoms with Crippen LogP contribution in [-0.2, 0) is 27.7 Å². The van der Waals surface area contributed by atoms with Gasteiger partial charge in [-0.05, 0) is 67.6 Å². The number of nitrogens with one attached hydrogen (secondary N) is 1. The average Bonchev–Trinajstić information content (AvgIpc) is 3.27. The number of imidazole rings is 1. The maximum atomic E-state index is 14.1. The van der Waals surface area contributed by atoms with Crippen molar-refractivity contribution in [3.05, 3.63) is 83.4 Å². The second-order valence-electron chi connectivity index (χ2n) is 10.0. The zero-order valence-corrected chi connectivity index (χ0v) is 23.3. The van der Waals surface area contributed by atoms with Crippen LogP contribution in [-0.4, -0.2) is 46.9 Å². The van der Waals surface area contributed by atoms with Gasteiger partial charge in [0.1, 0.15) is 11.3 Å². The molecule has 8 nitrogen and oxygen atoms in total. The lowest BCUT2D eigenvalue weighted by Gasteiger charge is -2.32. The Labute approximate surface area is 225 Å². The maximum Gasteiger partial charge on any atom is 0.243 e. The summed E-state index contributed by atoms with van der Waals surface area (Å²) in [6, 6.07) is 16.0. The molecule has 4 rings (SSSR count). The van der Waals surface area contributed by atoms with Gasteiger partial charge in [0, 0.05) is 37.5 Å². The molecule has 0 amide bonds. The molecule has 3 N–H and O–H groups in total. The van der Waals surface area contributed by atoms with E-state index < -0.39 is 10.0 Å². The Bertz CT molecular complexity index is 1450. The number of anilines is 1. The SMILES string of the molecule is CCOC[C@H](CC(C)C)N(Cc1ccc(N)cc1)S(=O)(=O)c1ccc(Cc2nccc3[nH]c(C)nc23)cc1. The number of hydrogen-bond acceptors (Lipinski definition) is 6. The number of aryl methyl sites for hydroxylation is 1. The molecule has 0 aliphatic heterocycles. The van der Waals surface area contributed by atoms with Crippen molar-refractivity contribution < 1.29 is 13.2 Å². The van der Waals surface area contributed by atoms with Gasteiger partial charge in [0.15, 0.2) is 0 Å². The fourth-order valence-electron chi connectivity index (χ4n) is 4.63. The highest BCUT2D eigenvalue weighted by molar-refractivity contribution is 7.89. The lowest BCUT2D eigenvalue weighted by Crippen LogP contribution is -2.43. The number of fused-ring (bicyclic) bond motifs is 1. The van der Waals surface area contributed by atoms with Crippen molar-refractivity contribution >= 4 is 26.7 Å². The lowest BCUT2D eigenvalue weighted by atomic mass is 10.0. The second-order valence-corrected chi connectivity index (χ2v) is 11.9. The van der Waals surface area contributed by atoms with Crippen LogP contribution in [0.5, 0.6) is 0 Å². The highest BCUT2D eigenvalue weighted by Gasteiger charge is 2.32. The normalized spacial score (nSPS) is 13.0. The van der Waals surface area contributed by atoms with Crippen LogP contribution in [0.15, 0.2) is 65.7 Å². The first-order valence-electron chi connectivity index (χ1n) is 13.0. The predicted octanol–water partition coefficient (Wildman–Crippen LogP) is 5.08. The molecule has 0 saturated heterocycles. The fraction of sp³-hybridized carbons (Fsp3) is 0.379. The molecule has 0 fully saturated rings. The lowest BCUT2D eigenvalue weighted by molar-refractivity contribution is 0.0866. The molecule has 1 atom stereocenters. The smallest absolute Gasteiger partial charge is 0.243 e. The number of benzene rings is 2. The average molecular weight is 536 g/mol. The number of pyridine rings is 1. The fourth-order valence-corrected chi connectivity index (χ4v) is 6.24. The molecule has 0 radical (unpaired) electrons. The Morgan fingerprint density at radius 3 is 2.37 bits per heavy atom. The van der Waals surface area contributed by atoms with E-state index in [1.165, 1.54) is 0 Å². The molecule has 0 aliphatic carbocycles. The number of rotatable bonds is 12. The third-order valence-corrected chi connectivity index (χ3v) is 8.39. The maximum absolute atomic E-state index is 14.1. The van der Waals surface area contributed by atoms with Gasteiger partial charge in [0.2, 0.25) is 10.0 Å². The van der Waals surface area contributed by atoms with Crippen molar-refractivity contribution in [1.82, 2.24) is 19.3 Å². The monoisotopic (exact) mass is 535 g/mol. The van der Waals surface area contributed by atoms with Crippen LogP contribution in [0, 0.1) is 12.8 Å². The van der Waals surface area contributed by atoms with Gasteiger partial charge in [0.25, 0.3) is 0 Å². The van der Waals surface area contributed by atoms with Gasteiger partial charge in [0.05, 0.1) is 22.7 Å². The van der Waals surface area contributed by atoms with Crippen LogP contribution in [0.1, 0.15) is 49.8 Å². The molecule has 0 unspecified atom stereocenters. The first kappa shape index (κ1) is 27.8. The molecule has 4 aromatic rings. The Kier molecular flexibility index (Phi) is 8.81. The number of sulfonamides is 1. The number of nitrogens with two attached hydrogens (primary N) is 1. The summed E-state index contributed by atoms with van der Waals surface area (Å²) in [7, 11) is -3.82. The van der Waals surface area contributed by atoms with Crippen LogP contribution in [0.4, 0.5) is 5.69 Å². The van der Waals surface area contributed by atoms with E-state index in [9.17, 15) is 8.42 Å². The topological polar surface area (TPSA) is 114 Å². The van der Waals surface area contributed by atoms with Crippen LogP contribution in [0.25, 0.3) is 11.0 Å². The summed E-state index contributed by atoms with van der Waals surface area (Å²) >= 11 is 0. The summed E-state index contributed by atoms with van der Waals surface area (Å²) in [5.74, 6) is 1.13. The molecule has 38 heavy (non-hydrogen) atoms. The molecule has 0 aliphatic rings. The van der Waals surface area contributed by atoms with E-state index in [0.717, 1.165) is 33.7 Å². The summed E-state index contributed by atoms with van der Waals surface area (Å²) in [5.41, 5.74) is 11.0. The highest BCUT2D eigenvalue weighted by Crippen LogP contribution is 2.26. The number of aromatic amines is 1. The zero-order valence-electron chi connectivity index (χ0n) is 22.5. The Hall–Kier alpha value is -3.27. The van der Waals surface area contributed by atoms with Gasteiger partial charge in [-0.15, -0.1) is 0 Å². The van der Waals surface area contributed by atoms with Crippen molar-refractivity contribution in [1.29, 1.82) is 0 Å². The molecule has 9 heteroatoms. The Morgan fingerprint density at radius 2 is 1.71 bits per heavy atom. The second kappa shape index (κ2) is 12.1. The van der Waals surface area contributed by atoms with Gasteiger partial charge in [-0.2, -0.15) is 4.31 Å². The van der Waals surface area contributed by atoms with E-state index in [1.807, 2.05) is 44.2 Å². The van der Waals surface area contributed by atoms with Crippen molar-refractivity contribution in [3.63, 3.8) is 0 Å². The van der Waals surface area contributed by atoms with E-state index in [4.69, 9.17) is 10.5 Å². The molecular formula is C29H37N5O3S. The number of aromatic nitrogens is 3. The molecule has 2 aromatic carbocycles. The van der Waals surface area contributed by atoms with Crippen molar-refractivity contribution in [2.24, 2.45) is 5.92 Å². The third kappa shape index (κ3) is 6.59. The van der Waals surface area contributed by atoms with Gasteiger partial charge in [-0.25, -0.2) is 13.4 Å². The first-order valence-corrected chi connectivity index (χ1v) is 14.4. The number of ether oxygens (including phenoxy) is 1. The van der Waals surface area contributed by atoms with Crippen LogP contribution < -0.4 is 5.73 Å². The van der Waals surface area contributed by atoms with E-state index >= 15 is 0 Å². The minimum atomic E-state index is -3.82. The van der Waals surface area contributed by atoms with E-state index in [2.05, 4.69) is 28.8 Å². The summed E-state index contributed by atoms with van der Waals surface area (Å²) in [6.07, 6.45) is 3.00. The van der Waals surface area contributed by atoms with E-state index in [-0.39, 0.29) is 17.5 Å².